The maximum Gasteiger partial charge on any atom is 0.573 e. The Morgan fingerprint density at radius 2 is 1.83 bits per heavy atom. The Kier molecular flexibility index (Phi) is 6.82. The fourth-order valence-corrected chi connectivity index (χ4v) is 3.15. The average molecular weight is 447 g/mol. The maximum absolute atomic E-state index is 12.3. The van der Waals surface area contributed by atoms with E-state index >= 15 is 0 Å². The molecule has 1 aromatic heterocycles. The summed E-state index contributed by atoms with van der Waals surface area (Å²) >= 11 is 0. The van der Waals surface area contributed by atoms with Crippen molar-refractivity contribution in [3.05, 3.63) is 30.1 Å². The quantitative estimate of drug-likeness (QED) is 0.577. The SMILES string of the molecule is CC(C)(C)[Si](C)(C)OC[C@H](NC(=O)O)c1noc(-c2ccc(OC(F)(F)F)cc2)n1. The van der Waals surface area contributed by atoms with Crippen molar-refractivity contribution in [1.82, 2.24) is 15.5 Å². The highest BCUT2D eigenvalue weighted by molar-refractivity contribution is 6.74. The number of aromatic nitrogens is 2. The van der Waals surface area contributed by atoms with Gasteiger partial charge in [-0.25, -0.2) is 4.79 Å². The highest BCUT2D eigenvalue weighted by Crippen LogP contribution is 2.37. The van der Waals surface area contributed by atoms with Crippen molar-refractivity contribution in [1.29, 1.82) is 0 Å². The minimum atomic E-state index is -4.79. The molecule has 0 aliphatic rings. The average Bonchev–Trinajstić information content (AvgIpc) is 3.06. The van der Waals surface area contributed by atoms with E-state index in [1.165, 1.54) is 12.1 Å². The number of nitrogens with one attached hydrogen (secondary N) is 1. The number of amides is 1. The van der Waals surface area contributed by atoms with Gasteiger partial charge in [0.05, 0.1) is 6.61 Å². The summed E-state index contributed by atoms with van der Waals surface area (Å²) in [5.41, 5.74) is 0.350. The van der Waals surface area contributed by atoms with Gasteiger partial charge in [-0.1, -0.05) is 25.9 Å². The Bertz CT molecular complexity index is 863. The van der Waals surface area contributed by atoms with Crippen molar-refractivity contribution in [2.45, 2.75) is 51.3 Å². The van der Waals surface area contributed by atoms with Crippen molar-refractivity contribution >= 4 is 14.4 Å². The molecule has 2 N–H and O–H groups in total. The topological polar surface area (TPSA) is 107 Å². The molecule has 1 amide bonds. The standard InChI is InChI=1S/C18H24F3N3O5Si/c1-17(2,3)30(4,5)27-10-13(22-16(25)26)14-23-15(29-24-14)11-6-8-12(9-7-11)28-18(19,20)21/h6-9,13,22H,10H2,1-5H3,(H,25,26)/t13-/m0/s1. The van der Waals surface area contributed by atoms with E-state index in [4.69, 9.17) is 14.1 Å². The molecule has 0 saturated heterocycles. The van der Waals surface area contributed by atoms with Crippen LogP contribution in [0.5, 0.6) is 5.75 Å². The molecule has 0 fully saturated rings. The second-order valence-corrected chi connectivity index (χ2v) is 12.9. The van der Waals surface area contributed by atoms with Crippen LogP contribution in [0.3, 0.4) is 0 Å². The lowest BCUT2D eigenvalue weighted by Gasteiger charge is -2.36. The van der Waals surface area contributed by atoms with Gasteiger partial charge in [0.15, 0.2) is 14.1 Å². The Hall–Kier alpha value is -2.60. The van der Waals surface area contributed by atoms with Gasteiger partial charge in [-0.2, -0.15) is 4.98 Å². The first-order valence-corrected chi connectivity index (χ1v) is 11.9. The molecular weight excluding hydrogens is 423 g/mol. The van der Waals surface area contributed by atoms with Crippen LogP contribution in [0.15, 0.2) is 28.8 Å². The van der Waals surface area contributed by atoms with E-state index in [0.717, 1.165) is 12.1 Å². The van der Waals surface area contributed by atoms with Gasteiger partial charge in [0.1, 0.15) is 11.8 Å². The number of carboxylic acid groups (broad SMARTS) is 1. The van der Waals surface area contributed by atoms with Crippen LogP contribution in [-0.4, -0.2) is 42.6 Å². The fourth-order valence-electron chi connectivity index (χ4n) is 2.13. The summed E-state index contributed by atoms with van der Waals surface area (Å²) in [6, 6.07) is 4.00. The van der Waals surface area contributed by atoms with E-state index in [0.29, 0.717) is 5.56 Å². The Morgan fingerprint density at radius 1 is 1.23 bits per heavy atom. The second kappa shape index (κ2) is 8.64. The Labute approximate surface area is 172 Å². The highest BCUT2D eigenvalue weighted by Gasteiger charge is 2.38. The van der Waals surface area contributed by atoms with E-state index in [1.807, 2.05) is 13.1 Å². The van der Waals surface area contributed by atoms with Crippen LogP contribution in [0.4, 0.5) is 18.0 Å². The molecule has 0 bridgehead atoms. The Balaban J connectivity index is 2.18. The van der Waals surface area contributed by atoms with Crippen LogP contribution in [-0.2, 0) is 4.43 Å². The molecule has 1 atom stereocenters. The zero-order chi connectivity index (χ0) is 22.7. The van der Waals surface area contributed by atoms with Gasteiger partial charge in [-0.05, 0) is 42.4 Å². The van der Waals surface area contributed by atoms with Crippen molar-refractivity contribution in [3.63, 3.8) is 0 Å². The highest BCUT2D eigenvalue weighted by atomic mass is 28.4. The molecule has 2 rings (SSSR count). The van der Waals surface area contributed by atoms with Gasteiger partial charge < -0.3 is 24.1 Å². The number of carbonyl (C=O) groups is 1. The van der Waals surface area contributed by atoms with Crippen LogP contribution >= 0.6 is 0 Å². The molecule has 0 spiro atoms. The third kappa shape index (κ3) is 6.45. The second-order valence-electron chi connectivity index (χ2n) is 8.10. The smallest absolute Gasteiger partial charge is 0.465 e. The number of benzene rings is 1. The summed E-state index contributed by atoms with van der Waals surface area (Å²) in [6.45, 7) is 10.2. The third-order valence-corrected chi connectivity index (χ3v) is 9.30. The summed E-state index contributed by atoms with van der Waals surface area (Å²) < 4.78 is 51.8. The first-order valence-electron chi connectivity index (χ1n) is 9.01. The molecular formula is C18H24F3N3O5Si. The molecule has 30 heavy (non-hydrogen) atoms. The van der Waals surface area contributed by atoms with Crippen molar-refractivity contribution in [2.24, 2.45) is 0 Å². The van der Waals surface area contributed by atoms with E-state index in [-0.39, 0.29) is 29.1 Å². The lowest BCUT2D eigenvalue weighted by Crippen LogP contribution is -2.43. The van der Waals surface area contributed by atoms with Crippen LogP contribution in [0.2, 0.25) is 18.1 Å². The number of alkyl halides is 3. The molecule has 0 saturated carbocycles. The minimum Gasteiger partial charge on any atom is -0.465 e. The molecule has 0 aliphatic carbocycles. The van der Waals surface area contributed by atoms with Gasteiger partial charge >= 0.3 is 12.5 Å². The number of halogens is 3. The van der Waals surface area contributed by atoms with E-state index in [1.54, 1.807) is 0 Å². The first kappa shape index (κ1) is 23.7. The van der Waals surface area contributed by atoms with Gasteiger partial charge in [0.25, 0.3) is 5.89 Å². The van der Waals surface area contributed by atoms with Crippen molar-refractivity contribution in [2.75, 3.05) is 6.61 Å². The van der Waals surface area contributed by atoms with E-state index in [9.17, 15) is 18.0 Å². The predicted octanol–water partition coefficient (Wildman–Crippen LogP) is 4.97. The van der Waals surface area contributed by atoms with Gasteiger partial charge in [0, 0.05) is 5.56 Å². The number of rotatable bonds is 7. The van der Waals surface area contributed by atoms with Crippen molar-refractivity contribution in [3.8, 4) is 17.2 Å². The predicted molar refractivity (Wildman–Crippen MR) is 103 cm³/mol. The fraction of sp³-hybridized carbons (Fsp3) is 0.500. The minimum absolute atomic E-state index is 0.0140. The molecule has 0 radical (unpaired) electrons. The van der Waals surface area contributed by atoms with Crippen LogP contribution < -0.4 is 10.1 Å². The monoisotopic (exact) mass is 447 g/mol. The van der Waals surface area contributed by atoms with Crippen LogP contribution in [0, 0.1) is 0 Å². The molecule has 0 unspecified atom stereocenters. The molecule has 12 heteroatoms. The maximum atomic E-state index is 12.3. The number of nitrogens with zero attached hydrogens (tertiary/aromatic N) is 2. The van der Waals surface area contributed by atoms with Crippen molar-refractivity contribution < 1.29 is 36.8 Å². The van der Waals surface area contributed by atoms with Crippen LogP contribution in [0.25, 0.3) is 11.5 Å². The van der Waals surface area contributed by atoms with E-state index < -0.39 is 26.8 Å². The number of hydrogen-bond acceptors (Lipinski definition) is 6. The molecule has 8 nitrogen and oxygen atoms in total. The summed E-state index contributed by atoms with van der Waals surface area (Å²) in [6.07, 6.45) is -6.07. The Morgan fingerprint density at radius 3 is 2.33 bits per heavy atom. The third-order valence-electron chi connectivity index (χ3n) is 4.80. The molecule has 166 valence electrons. The number of ether oxygens (including phenoxy) is 1. The largest absolute Gasteiger partial charge is 0.573 e. The molecule has 1 heterocycles. The molecule has 0 aliphatic heterocycles. The lowest BCUT2D eigenvalue weighted by atomic mass is 10.2. The van der Waals surface area contributed by atoms with Gasteiger partial charge in [0.2, 0.25) is 0 Å². The molecule has 1 aromatic carbocycles. The summed E-state index contributed by atoms with van der Waals surface area (Å²) in [7, 11) is -2.16. The van der Waals surface area contributed by atoms with Crippen LogP contribution in [0.1, 0.15) is 32.6 Å². The summed E-state index contributed by atoms with van der Waals surface area (Å²) in [5, 5.41) is 15.2. The van der Waals surface area contributed by atoms with Gasteiger partial charge in [-0.15, -0.1) is 13.2 Å². The van der Waals surface area contributed by atoms with Gasteiger partial charge in [-0.3, -0.25) is 0 Å². The zero-order valence-electron chi connectivity index (χ0n) is 17.2. The normalized spacial score (nSPS) is 13.7. The van der Waals surface area contributed by atoms with E-state index in [2.05, 4.69) is 41.0 Å². The summed E-state index contributed by atoms with van der Waals surface area (Å²) in [4.78, 5) is 15.4. The first-order chi connectivity index (χ1) is 13.7. The zero-order valence-corrected chi connectivity index (χ0v) is 18.2. The number of hydrogen-bond donors (Lipinski definition) is 2. The lowest BCUT2D eigenvalue weighted by molar-refractivity contribution is -0.274. The summed E-state index contributed by atoms with van der Waals surface area (Å²) in [5.74, 6) is -0.311. The molecule has 2 aromatic rings.